The Hall–Kier alpha value is -3.61. The highest BCUT2D eigenvalue weighted by molar-refractivity contribution is 5.84. The number of ether oxygens (including phenoxy) is 1. The summed E-state index contributed by atoms with van der Waals surface area (Å²) in [6.07, 6.45) is -0.623. The van der Waals surface area contributed by atoms with E-state index >= 15 is 0 Å². The van der Waals surface area contributed by atoms with E-state index in [1.807, 2.05) is 24.3 Å². The van der Waals surface area contributed by atoms with Crippen molar-refractivity contribution >= 4 is 17.9 Å². The van der Waals surface area contributed by atoms with Crippen molar-refractivity contribution in [1.29, 1.82) is 0 Å². The second kappa shape index (κ2) is 7.19. The number of fused-ring (bicyclic) bond motifs is 3. The summed E-state index contributed by atoms with van der Waals surface area (Å²) in [5.74, 6) is -0.765. The molecule has 2 N–H and O–H groups in total. The van der Waals surface area contributed by atoms with E-state index in [1.54, 1.807) is 13.0 Å². The predicted octanol–water partition coefficient (Wildman–Crippen LogP) is 3.64. The molecule has 0 bridgehead atoms. The number of carbonyl (C=O) groups excluding carboxylic acids is 1. The molecule has 142 valence electrons. The molecule has 1 heterocycles. The number of nitrogens with zero attached hydrogens (tertiary/aromatic N) is 2. The minimum atomic E-state index is -1.00. The molecule has 0 saturated heterocycles. The van der Waals surface area contributed by atoms with Gasteiger partial charge in [-0.15, -0.1) is 0 Å². The molecule has 4 rings (SSSR count). The van der Waals surface area contributed by atoms with E-state index in [2.05, 4.69) is 34.7 Å². The molecule has 1 aliphatic carbocycles. The van der Waals surface area contributed by atoms with Gasteiger partial charge in [0.25, 0.3) is 0 Å². The highest BCUT2D eigenvalue weighted by atomic mass is 16.5. The van der Waals surface area contributed by atoms with E-state index in [-0.39, 0.29) is 24.9 Å². The van der Waals surface area contributed by atoms with Gasteiger partial charge in [-0.1, -0.05) is 48.5 Å². The van der Waals surface area contributed by atoms with Gasteiger partial charge in [0.1, 0.15) is 13.2 Å². The summed E-state index contributed by atoms with van der Waals surface area (Å²) in [6, 6.07) is 17.8. The number of carboxylic acid groups (broad SMARTS) is 1. The summed E-state index contributed by atoms with van der Waals surface area (Å²) < 4.78 is 6.77. The molecule has 2 aromatic carbocycles. The molecule has 7 nitrogen and oxygen atoms in total. The average molecular weight is 377 g/mol. The van der Waals surface area contributed by atoms with Gasteiger partial charge < -0.3 is 9.84 Å². The number of hydrogen-bond acceptors (Lipinski definition) is 4. The highest BCUT2D eigenvalue weighted by Crippen LogP contribution is 2.44. The Balaban J connectivity index is 1.45. The smallest absolute Gasteiger partial charge is 0.412 e. The van der Waals surface area contributed by atoms with Crippen molar-refractivity contribution in [3.63, 3.8) is 0 Å². The maximum absolute atomic E-state index is 12.2. The van der Waals surface area contributed by atoms with Crippen molar-refractivity contribution in [2.24, 2.45) is 0 Å². The SMILES string of the molecule is Cc1cc(NC(=O)OCC2c3ccccc3-c3ccccc32)nn1CC(=O)O. The van der Waals surface area contributed by atoms with Gasteiger partial charge in [-0.05, 0) is 29.2 Å². The van der Waals surface area contributed by atoms with Crippen molar-refractivity contribution in [1.82, 2.24) is 9.78 Å². The Morgan fingerprint density at radius 2 is 1.71 bits per heavy atom. The largest absolute Gasteiger partial charge is 0.480 e. The van der Waals surface area contributed by atoms with Crippen LogP contribution in [0.3, 0.4) is 0 Å². The molecular formula is C21H19N3O4. The molecule has 1 aliphatic rings. The maximum atomic E-state index is 12.2. The molecule has 0 fully saturated rings. The first-order valence-corrected chi connectivity index (χ1v) is 8.91. The van der Waals surface area contributed by atoms with E-state index in [0.29, 0.717) is 5.69 Å². The van der Waals surface area contributed by atoms with Crippen LogP contribution in [0.4, 0.5) is 10.6 Å². The van der Waals surface area contributed by atoms with Crippen LogP contribution in [0.2, 0.25) is 0 Å². The van der Waals surface area contributed by atoms with Crippen LogP contribution in [-0.4, -0.2) is 33.6 Å². The molecule has 0 saturated carbocycles. The Bertz CT molecular complexity index is 1010. The molecule has 7 heteroatoms. The molecule has 0 radical (unpaired) electrons. The van der Waals surface area contributed by atoms with Crippen molar-refractivity contribution in [3.05, 3.63) is 71.4 Å². The van der Waals surface area contributed by atoms with Crippen molar-refractivity contribution < 1.29 is 19.4 Å². The first-order valence-electron chi connectivity index (χ1n) is 8.91. The lowest BCUT2D eigenvalue weighted by Gasteiger charge is -2.14. The third kappa shape index (κ3) is 3.34. The number of amides is 1. The third-order valence-corrected chi connectivity index (χ3v) is 4.84. The quantitative estimate of drug-likeness (QED) is 0.708. The summed E-state index contributed by atoms with van der Waals surface area (Å²) in [4.78, 5) is 23.1. The van der Waals surface area contributed by atoms with Gasteiger partial charge in [0.15, 0.2) is 5.82 Å². The number of anilines is 1. The number of rotatable bonds is 5. The van der Waals surface area contributed by atoms with Crippen molar-refractivity contribution in [2.75, 3.05) is 11.9 Å². The molecular weight excluding hydrogens is 358 g/mol. The van der Waals surface area contributed by atoms with Crippen LogP contribution < -0.4 is 5.32 Å². The Morgan fingerprint density at radius 3 is 2.32 bits per heavy atom. The van der Waals surface area contributed by atoms with E-state index in [1.165, 1.54) is 4.68 Å². The lowest BCUT2D eigenvalue weighted by molar-refractivity contribution is -0.137. The lowest BCUT2D eigenvalue weighted by Crippen LogP contribution is -2.18. The van der Waals surface area contributed by atoms with Crippen LogP contribution in [0.25, 0.3) is 11.1 Å². The molecule has 3 aromatic rings. The zero-order chi connectivity index (χ0) is 19.7. The second-order valence-electron chi connectivity index (χ2n) is 6.67. The Morgan fingerprint density at radius 1 is 1.11 bits per heavy atom. The lowest BCUT2D eigenvalue weighted by atomic mass is 9.98. The fourth-order valence-corrected chi connectivity index (χ4v) is 3.60. The third-order valence-electron chi connectivity index (χ3n) is 4.84. The second-order valence-corrected chi connectivity index (χ2v) is 6.67. The van der Waals surface area contributed by atoms with Crippen LogP contribution in [0.15, 0.2) is 54.6 Å². The minimum Gasteiger partial charge on any atom is -0.480 e. The molecule has 1 amide bonds. The van der Waals surface area contributed by atoms with Gasteiger partial charge in [-0.2, -0.15) is 5.10 Å². The normalized spacial score (nSPS) is 12.3. The number of nitrogens with one attached hydrogen (secondary N) is 1. The first kappa shape index (κ1) is 17.8. The van der Waals surface area contributed by atoms with Gasteiger partial charge in [0, 0.05) is 17.7 Å². The van der Waals surface area contributed by atoms with Crippen LogP contribution in [0.1, 0.15) is 22.7 Å². The van der Waals surface area contributed by atoms with Crippen LogP contribution in [-0.2, 0) is 16.1 Å². The van der Waals surface area contributed by atoms with E-state index < -0.39 is 12.1 Å². The molecule has 0 unspecified atom stereocenters. The minimum absolute atomic E-state index is 0.0237. The summed E-state index contributed by atoms with van der Waals surface area (Å²) in [6.45, 7) is 1.66. The molecule has 1 aromatic heterocycles. The molecule has 0 spiro atoms. The molecule has 0 aliphatic heterocycles. The number of hydrogen-bond donors (Lipinski definition) is 2. The maximum Gasteiger partial charge on any atom is 0.412 e. The number of carboxylic acids is 1. The summed E-state index contributed by atoms with van der Waals surface area (Å²) >= 11 is 0. The molecule has 28 heavy (non-hydrogen) atoms. The van der Waals surface area contributed by atoms with Crippen LogP contribution >= 0.6 is 0 Å². The molecule has 0 atom stereocenters. The summed E-state index contributed by atoms with van der Waals surface area (Å²) in [7, 11) is 0. The van der Waals surface area contributed by atoms with Crippen LogP contribution in [0, 0.1) is 6.92 Å². The summed E-state index contributed by atoms with van der Waals surface area (Å²) in [5.41, 5.74) is 5.23. The van der Waals surface area contributed by atoms with Crippen molar-refractivity contribution in [3.8, 4) is 11.1 Å². The number of benzene rings is 2. The highest BCUT2D eigenvalue weighted by Gasteiger charge is 2.29. The predicted molar refractivity (Wildman–Crippen MR) is 103 cm³/mol. The van der Waals surface area contributed by atoms with Gasteiger partial charge in [0.05, 0.1) is 0 Å². The number of aromatic nitrogens is 2. The standard InChI is InChI=1S/C21H19N3O4/c1-13-10-19(23-24(13)11-20(25)26)22-21(27)28-12-18-16-8-4-2-6-14(16)15-7-3-5-9-17(15)18/h2-10,18H,11-12H2,1H3,(H,25,26)(H,22,23,27). The topological polar surface area (TPSA) is 93.5 Å². The van der Waals surface area contributed by atoms with E-state index in [9.17, 15) is 9.59 Å². The zero-order valence-corrected chi connectivity index (χ0v) is 15.3. The monoisotopic (exact) mass is 377 g/mol. The van der Waals surface area contributed by atoms with Gasteiger partial charge in [0.2, 0.25) is 0 Å². The number of carbonyl (C=O) groups is 2. The van der Waals surface area contributed by atoms with Gasteiger partial charge in [-0.25, -0.2) is 4.79 Å². The van der Waals surface area contributed by atoms with Crippen molar-refractivity contribution in [2.45, 2.75) is 19.4 Å². The van der Waals surface area contributed by atoms with Gasteiger partial charge >= 0.3 is 12.1 Å². The van der Waals surface area contributed by atoms with E-state index in [0.717, 1.165) is 22.3 Å². The van der Waals surface area contributed by atoms with Crippen LogP contribution in [0.5, 0.6) is 0 Å². The Kier molecular flexibility index (Phi) is 4.57. The Labute approximate surface area is 161 Å². The summed E-state index contributed by atoms with van der Waals surface area (Å²) in [5, 5.41) is 15.5. The average Bonchev–Trinajstić information content (AvgIpc) is 3.17. The van der Waals surface area contributed by atoms with Gasteiger partial charge in [-0.3, -0.25) is 14.8 Å². The fourth-order valence-electron chi connectivity index (χ4n) is 3.60. The fraction of sp³-hybridized carbons (Fsp3) is 0.190. The first-order chi connectivity index (χ1) is 13.5. The number of aryl methyl sites for hydroxylation is 1. The van der Waals surface area contributed by atoms with E-state index in [4.69, 9.17) is 9.84 Å². The number of aliphatic carboxylic acids is 1. The zero-order valence-electron chi connectivity index (χ0n) is 15.3.